The van der Waals surface area contributed by atoms with Crippen LogP contribution in [0.1, 0.15) is 25.7 Å². The van der Waals surface area contributed by atoms with Crippen molar-refractivity contribution in [1.82, 2.24) is 9.80 Å². The van der Waals surface area contributed by atoms with Crippen molar-refractivity contribution in [3.8, 4) is 0 Å². The fourth-order valence-electron chi connectivity index (χ4n) is 3.78. The topological polar surface area (TPSA) is 52.7 Å². The van der Waals surface area contributed by atoms with Gasteiger partial charge in [0.05, 0.1) is 6.54 Å². The molecule has 1 aliphatic carbocycles. The lowest BCUT2D eigenvalue weighted by atomic mass is 10.00. The monoisotopic (exact) mass is 335 g/mol. The van der Waals surface area contributed by atoms with Gasteiger partial charge in [-0.05, 0) is 31.1 Å². The summed E-state index contributed by atoms with van der Waals surface area (Å²) in [5.74, 6) is 0.0506. The van der Waals surface area contributed by atoms with E-state index in [0.29, 0.717) is 6.42 Å². The number of carbonyl (C=O) groups is 2. The van der Waals surface area contributed by atoms with Crippen molar-refractivity contribution in [3.05, 3.63) is 66.2 Å². The van der Waals surface area contributed by atoms with Gasteiger partial charge in [-0.3, -0.25) is 9.59 Å². The molecule has 0 saturated heterocycles. The predicted octanol–water partition coefficient (Wildman–Crippen LogP) is 3.01. The maximum absolute atomic E-state index is 12.6. The average Bonchev–Trinajstić information content (AvgIpc) is 2.76. The maximum atomic E-state index is 12.6. The second kappa shape index (κ2) is 6.59. The number of carbonyl (C=O) groups excluding carboxylic acids is 2. The number of nitrogens with one attached hydrogen (secondary N) is 1. The molecular weight excluding hydrogens is 314 g/mol. The normalized spacial score (nSPS) is 21.9. The second-order valence-electron chi connectivity index (χ2n) is 6.51. The first-order valence-electron chi connectivity index (χ1n) is 8.73. The number of ketones is 1. The molecule has 3 aliphatic rings. The first-order valence-corrected chi connectivity index (χ1v) is 8.73. The van der Waals surface area contributed by atoms with E-state index < -0.39 is 0 Å². The molecule has 0 radical (unpaired) electrons. The summed E-state index contributed by atoms with van der Waals surface area (Å²) in [5.41, 5.74) is 2.57. The number of benzene rings is 1. The molecule has 1 unspecified atom stereocenters. The molecule has 0 aromatic heterocycles. The molecule has 1 aromatic carbocycles. The van der Waals surface area contributed by atoms with Crippen LogP contribution in [0.5, 0.6) is 0 Å². The van der Waals surface area contributed by atoms with Gasteiger partial charge in [-0.2, -0.15) is 0 Å². The van der Waals surface area contributed by atoms with Crippen LogP contribution in [0.2, 0.25) is 0 Å². The number of Topliss-reactive ketones (excluding diaryl/α,β-unsaturated/α-hetero) is 1. The summed E-state index contributed by atoms with van der Waals surface area (Å²) in [7, 11) is 0. The highest BCUT2D eigenvalue weighted by Crippen LogP contribution is 2.39. The molecule has 2 heterocycles. The minimum atomic E-state index is -0.101. The molecule has 1 aromatic rings. The largest absolute Gasteiger partial charge is 0.337 e. The molecule has 128 valence electrons. The van der Waals surface area contributed by atoms with Gasteiger partial charge in [0.1, 0.15) is 11.9 Å². The van der Waals surface area contributed by atoms with E-state index in [1.165, 1.54) is 0 Å². The van der Waals surface area contributed by atoms with Crippen LogP contribution in [0.25, 0.3) is 0 Å². The number of hydrogen-bond donors (Lipinski definition) is 1. The molecule has 1 N–H and O–H groups in total. The number of anilines is 1. The summed E-state index contributed by atoms with van der Waals surface area (Å²) in [5, 5.41) is 2.92. The predicted molar refractivity (Wildman–Crippen MR) is 96.2 cm³/mol. The zero-order valence-electron chi connectivity index (χ0n) is 14.0. The van der Waals surface area contributed by atoms with E-state index in [4.69, 9.17) is 0 Å². The van der Waals surface area contributed by atoms with Crippen molar-refractivity contribution < 1.29 is 9.59 Å². The Morgan fingerprint density at radius 2 is 2.00 bits per heavy atom. The number of nitrogens with zero attached hydrogens (tertiary/aromatic N) is 2. The highest BCUT2D eigenvalue weighted by Gasteiger charge is 2.41. The number of para-hydroxylation sites is 1. The van der Waals surface area contributed by atoms with Crippen LogP contribution in [0.3, 0.4) is 0 Å². The van der Waals surface area contributed by atoms with Crippen molar-refractivity contribution in [2.45, 2.75) is 31.8 Å². The summed E-state index contributed by atoms with van der Waals surface area (Å²) in [6, 6.07) is 9.41. The van der Waals surface area contributed by atoms with Crippen LogP contribution in [-0.2, 0) is 9.59 Å². The molecule has 25 heavy (non-hydrogen) atoms. The molecule has 2 aliphatic heterocycles. The zero-order valence-corrected chi connectivity index (χ0v) is 14.0. The average molecular weight is 335 g/mol. The lowest BCUT2D eigenvalue weighted by Crippen LogP contribution is -2.42. The molecule has 0 saturated carbocycles. The smallest absolute Gasteiger partial charge is 0.243 e. The second-order valence-corrected chi connectivity index (χ2v) is 6.51. The van der Waals surface area contributed by atoms with Crippen LogP contribution in [0.4, 0.5) is 5.69 Å². The maximum Gasteiger partial charge on any atom is 0.243 e. The Labute approximate surface area is 147 Å². The molecule has 4 rings (SSSR count). The molecular formula is C20H21N3O2. The highest BCUT2D eigenvalue weighted by molar-refractivity contribution is 5.99. The molecule has 0 bridgehead atoms. The molecule has 1 atom stereocenters. The highest BCUT2D eigenvalue weighted by atomic mass is 16.2. The van der Waals surface area contributed by atoms with Gasteiger partial charge in [0, 0.05) is 30.4 Å². The van der Waals surface area contributed by atoms with E-state index >= 15 is 0 Å². The third kappa shape index (κ3) is 2.97. The fraction of sp³-hybridized carbons (Fsp3) is 0.300. The van der Waals surface area contributed by atoms with E-state index in [-0.39, 0.29) is 24.4 Å². The van der Waals surface area contributed by atoms with Crippen molar-refractivity contribution in [1.29, 1.82) is 0 Å². The number of hydrogen-bond acceptors (Lipinski definition) is 4. The van der Waals surface area contributed by atoms with Crippen LogP contribution in [0, 0.1) is 0 Å². The number of fused-ring (bicyclic) bond motifs is 2. The Balaban J connectivity index is 1.59. The van der Waals surface area contributed by atoms with E-state index in [9.17, 15) is 9.59 Å². The summed E-state index contributed by atoms with van der Waals surface area (Å²) in [6.07, 6.45) is 11.3. The van der Waals surface area contributed by atoms with Gasteiger partial charge in [-0.1, -0.05) is 30.4 Å². The molecule has 0 fully saturated rings. The van der Waals surface area contributed by atoms with Crippen molar-refractivity contribution in [2.24, 2.45) is 0 Å². The lowest BCUT2D eigenvalue weighted by molar-refractivity contribution is -0.119. The van der Waals surface area contributed by atoms with E-state index in [1.807, 2.05) is 53.6 Å². The third-order valence-corrected chi connectivity index (χ3v) is 4.85. The fourth-order valence-corrected chi connectivity index (χ4v) is 3.78. The van der Waals surface area contributed by atoms with Crippen LogP contribution in [-0.4, -0.2) is 34.2 Å². The summed E-state index contributed by atoms with van der Waals surface area (Å²) in [6.45, 7) is 0.183. The summed E-state index contributed by atoms with van der Waals surface area (Å²) in [4.78, 5) is 29.3. The van der Waals surface area contributed by atoms with Gasteiger partial charge in [0.15, 0.2) is 5.78 Å². The number of amides is 1. The van der Waals surface area contributed by atoms with Crippen molar-refractivity contribution in [3.63, 3.8) is 0 Å². The molecule has 1 amide bonds. The first-order chi connectivity index (χ1) is 12.2. The van der Waals surface area contributed by atoms with E-state index in [0.717, 1.165) is 36.3 Å². The van der Waals surface area contributed by atoms with E-state index in [1.54, 1.807) is 0 Å². The standard InChI is InChI=1S/C20H21N3O2/c24-17-11-7-10-16-20(17)23(19-12-5-2-6-13-22(16)19)14-18(25)21-15-8-3-1-4-9-15/h1-6,8-9,13,19H,7,10-12,14H2,(H,21,25). The minimum Gasteiger partial charge on any atom is -0.337 e. The van der Waals surface area contributed by atoms with Gasteiger partial charge in [-0.15, -0.1) is 0 Å². The van der Waals surface area contributed by atoms with Gasteiger partial charge in [-0.25, -0.2) is 0 Å². The lowest BCUT2D eigenvalue weighted by Gasteiger charge is -2.31. The Bertz CT molecular complexity index is 779. The van der Waals surface area contributed by atoms with Gasteiger partial charge in [0.2, 0.25) is 5.91 Å². The van der Waals surface area contributed by atoms with Crippen LogP contribution >= 0.6 is 0 Å². The van der Waals surface area contributed by atoms with Gasteiger partial charge in [0.25, 0.3) is 0 Å². The first kappa shape index (κ1) is 15.7. The Morgan fingerprint density at radius 1 is 1.16 bits per heavy atom. The van der Waals surface area contributed by atoms with Crippen molar-refractivity contribution >= 4 is 17.4 Å². The number of allylic oxidation sites excluding steroid dienone is 4. The SMILES string of the molecule is O=C(CN1C2=C(CCCC2=O)N2C=CC=CCC21)Nc1ccccc1. The third-order valence-electron chi connectivity index (χ3n) is 4.85. The minimum absolute atomic E-state index is 0.00331. The quantitative estimate of drug-likeness (QED) is 0.922. The van der Waals surface area contributed by atoms with Crippen molar-refractivity contribution in [2.75, 3.05) is 11.9 Å². The van der Waals surface area contributed by atoms with Gasteiger partial charge >= 0.3 is 0 Å². The summed E-state index contributed by atoms with van der Waals surface area (Å²) >= 11 is 0. The van der Waals surface area contributed by atoms with E-state index in [2.05, 4.69) is 16.3 Å². The Hall–Kier alpha value is -2.82. The molecule has 0 spiro atoms. The Kier molecular flexibility index (Phi) is 4.14. The molecule has 5 nitrogen and oxygen atoms in total. The zero-order chi connectivity index (χ0) is 17.2. The van der Waals surface area contributed by atoms with Gasteiger partial charge < -0.3 is 15.1 Å². The number of rotatable bonds is 3. The Morgan fingerprint density at radius 3 is 2.84 bits per heavy atom. The molecule has 5 heteroatoms. The van der Waals surface area contributed by atoms with Crippen LogP contribution < -0.4 is 5.32 Å². The van der Waals surface area contributed by atoms with Crippen LogP contribution in [0.15, 0.2) is 66.2 Å². The summed E-state index contributed by atoms with van der Waals surface area (Å²) < 4.78 is 0.